The Labute approximate surface area is 115 Å². The van der Waals surface area contributed by atoms with Gasteiger partial charge in [-0.25, -0.2) is 14.5 Å². The molecule has 6 nitrogen and oxygen atoms in total. The zero-order valence-corrected chi connectivity index (χ0v) is 11.0. The average Bonchev–Trinajstić information content (AvgIpc) is 3.00. The second-order valence-corrected chi connectivity index (χ2v) is 4.98. The first-order valence-corrected chi connectivity index (χ1v) is 6.53. The Balaban J connectivity index is 2.19. The molecule has 0 saturated carbocycles. The van der Waals surface area contributed by atoms with Crippen molar-refractivity contribution in [1.82, 2.24) is 14.8 Å². The minimum Gasteiger partial charge on any atom is -0.475 e. The highest BCUT2D eigenvalue weighted by molar-refractivity contribution is 5.83. The fourth-order valence-electron chi connectivity index (χ4n) is 2.93. The van der Waals surface area contributed by atoms with Crippen LogP contribution in [0.2, 0.25) is 0 Å². The highest BCUT2D eigenvalue weighted by Crippen LogP contribution is 2.44. The van der Waals surface area contributed by atoms with Crippen molar-refractivity contribution in [3.8, 4) is 0 Å². The van der Waals surface area contributed by atoms with E-state index in [4.69, 9.17) is 5.11 Å². The maximum absolute atomic E-state index is 11.0. The zero-order valence-electron chi connectivity index (χ0n) is 11.0. The summed E-state index contributed by atoms with van der Waals surface area (Å²) in [7, 11) is 0. The van der Waals surface area contributed by atoms with Crippen LogP contribution in [-0.2, 0) is 5.54 Å². The molecule has 0 fully saturated rings. The summed E-state index contributed by atoms with van der Waals surface area (Å²) in [4.78, 5) is 15.0. The van der Waals surface area contributed by atoms with Gasteiger partial charge in [0.15, 0.2) is 5.82 Å². The van der Waals surface area contributed by atoms with Gasteiger partial charge in [-0.1, -0.05) is 37.3 Å². The maximum Gasteiger partial charge on any atom is 0.375 e. The standard InChI is InChI=1S/C14H15N3O3/c1-2-14(9-6-4-3-5-7-9)8-10(18)12-15-11(13(19)20)16-17(12)14/h3-7,10,18H,2,8H2,1H3,(H,19,20). The summed E-state index contributed by atoms with van der Waals surface area (Å²) >= 11 is 0. The van der Waals surface area contributed by atoms with E-state index in [0.29, 0.717) is 18.7 Å². The molecule has 1 aliphatic heterocycles. The maximum atomic E-state index is 11.0. The molecule has 2 unspecified atom stereocenters. The Morgan fingerprint density at radius 3 is 2.75 bits per heavy atom. The van der Waals surface area contributed by atoms with E-state index in [9.17, 15) is 9.90 Å². The normalized spacial score (nSPS) is 24.6. The molecule has 2 aromatic rings. The summed E-state index contributed by atoms with van der Waals surface area (Å²) < 4.78 is 1.58. The predicted octanol–water partition coefficient (Wildman–Crippen LogP) is 1.57. The molecule has 0 saturated heterocycles. The summed E-state index contributed by atoms with van der Waals surface area (Å²) in [5.41, 5.74) is 0.471. The first kappa shape index (κ1) is 12.8. The Kier molecular flexibility index (Phi) is 2.83. The topological polar surface area (TPSA) is 88.2 Å². The fraction of sp³-hybridized carbons (Fsp3) is 0.357. The molecule has 1 aliphatic rings. The van der Waals surface area contributed by atoms with Crippen molar-refractivity contribution in [2.75, 3.05) is 0 Å². The summed E-state index contributed by atoms with van der Waals surface area (Å²) in [6.07, 6.45) is 0.363. The molecule has 104 valence electrons. The Morgan fingerprint density at radius 1 is 1.45 bits per heavy atom. The molecule has 0 aliphatic carbocycles. The summed E-state index contributed by atoms with van der Waals surface area (Å²) in [5, 5.41) is 23.3. The summed E-state index contributed by atoms with van der Waals surface area (Å²) in [5.74, 6) is -1.13. The molecule has 0 radical (unpaired) electrons. The number of carbonyl (C=O) groups is 1. The number of carboxylic acid groups (broad SMARTS) is 1. The van der Waals surface area contributed by atoms with Gasteiger partial charge in [-0.15, -0.1) is 5.10 Å². The highest BCUT2D eigenvalue weighted by atomic mass is 16.4. The van der Waals surface area contributed by atoms with E-state index in [2.05, 4.69) is 10.1 Å². The number of aromatic carboxylic acids is 1. The molecule has 3 rings (SSSR count). The van der Waals surface area contributed by atoms with Crippen LogP contribution in [0.1, 0.15) is 47.9 Å². The van der Waals surface area contributed by atoms with E-state index in [1.54, 1.807) is 4.68 Å². The van der Waals surface area contributed by atoms with E-state index in [1.165, 1.54) is 0 Å². The lowest BCUT2D eigenvalue weighted by Crippen LogP contribution is -2.32. The lowest BCUT2D eigenvalue weighted by molar-refractivity contribution is 0.0680. The van der Waals surface area contributed by atoms with E-state index >= 15 is 0 Å². The van der Waals surface area contributed by atoms with Crippen LogP contribution in [0.5, 0.6) is 0 Å². The van der Waals surface area contributed by atoms with Crippen molar-refractivity contribution >= 4 is 5.97 Å². The lowest BCUT2D eigenvalue weighted by Gasteiger charge is -2.29. The van der Waals surface area contributed by atoms with Crippen molar-refractivity contribution in [2.24, 2.45) is 0 Å². The Hall–Kier alpha value is -2.21. The number of rotatable bonds is 3. The van der Waals surface area contributed by atoms with Gasteiger partial charge in [-0.2, -0.15) is 0 Å². The van der Waals surface area contributed by atoms with Crippen LogP contribution in [0.4, 0.5) is 0 Å². The van der Waals surface area contributed by atoms with Gasteiger partial charge in [0.25, 0.3) is 5.82 Å². The molecule has 1 aromatic heterocycles. The van der Waals surface area contributed by atoms with Gasteiger partial charge in [-0.3, -0.25) is 0 Å². The zero-order chi connectivity index (χ0) is 14.3. The molecule has 6 heteroatoms. The van der Waals surface area contributed by atoms with Crippen molar-refractivity contribution < 1.29 is 15.0 Å². The van der Waals surface area contributed by atoms with Gasteiger partial charge >= 0.3 is 5.97 Å². The number of aliphatic hydroxyl groups excluding tert-OH is 1. The molecule has 0 bridgehead atoms. The van der Waals surface area contributed by atoms with Crippen LogP contribution >= 0.6 is 0 Å². The van der Waals surface area contributed by atoms with Gasteiger partial charge in [0.2, 0.25) is 0 Å². The molecule has 1 aromatic carbocycles. The first-order valence-electron chi connectivity index (χ1n) is 6.53. The number of hydrogen-bond acceptors (Lipinski definition) is 4. The smallest absolute Gasteiger partial charge is 0.375 e. The monoisotopic (exact) mass is 273 g/mol. The molecule has 0 spiro atoms. The van der Waals surface area contributed by atoms with Gasteiger partial charge in [0.05, 0.1) is 5.54 Å². The van der Waals surface area contributed by atoms with Crippen LogP contribution in [-0.4, -0.2) is 30.9 Å². The number of aromatic nitrogens is 3. The molecular formula is C14H15N3O3. The quantitative estimate of drug-likeness (QED) is 0.886. The second-order valence-electron chi connectivity index (χ2n) is 4.98. The number of benzene rings is 1. The molecular weight excluding hydrogens is 258 g/mol. The third-order valence-electron chi connectivity index (χ3n) is 3.95. The van der Waals surface area contributed by atoms with Crippen molar-refractivity contribution in [1.29, 1.82) is 0 Å². The van der Waals surface area contributed by atoms with Crippen molar-refractivity contribution in [3.05, 3.63) is 47.5 Å². The van der Waals surface area contributed by atoms with Gasteiger partial charge < -0.3 is 10.2 Å². The number of carboxylic acids is 1. The predicted molar refractivity (Wildman–Crippen MR) is 70.4 cm³/mol. The van der Waals surface area contributed by atoms with E-state index in [0.717, 1.165) is 5.56 Å². The molecule has 2 N–H and O–H groups in total. The summed E-state index contributed by atoms with van der Waals surface area (Å²) in [6, 6.07) is 9.70. The number of hydrogen-bond donors (Lipinski definition) is 2. The molecule has 20 heavy (non-hydrogen) atoms. The van der Waals surface area contributed by atoms with Crippen LogP contribution in [0, 0.1) is 0 Å². The Morgan fingerprint density at radius 2 is 2.15 bits per heavy atom. The van der Waals surface area contributed by atoms with E-state index in [1.807, 2.05) is 37.3 Å². The van der Waals surface area contributed by atoms with Gasteiger partial charge in [0.1, 0.15) is 6.10 Å². The largest absolute Gasteiger partial charge is 0.475 e. The number of fused-ring (bicyclic) bond motifs is 1. The first-order chi connectivity index (χ1) is 9.58. The van der Waals surface area contributed by atoms with Crippen LogP contribution in [0.3, 0.4) is 0 Å². The van der Waals surface area contributed by atoms with Crippen LogP contribution in [0.15, 0.2) is 30.3 Å². The fourth-order valence-corrected chi connectivity index (χ4v) is 2.93. The Bertz CT molecular complexity index is 653. The van der Waals surface area contributed by atoms with Crippen LogP contribution in [0.25, 0.3) is 0 Å². The van der Waals surface area contributed by atoms with Crippen LogP contribution < -0.4 is 0 Å². The third-order valence-corrected chi connectivity index (χ3v) is 3.95. The highest BCUT2D eigenvalue weighted by Gasteiger charge is 2.46. The average molecular weight is 273 g/mol. The van der Waals surface area contributed by atoms with Gasteiger partial charge in [0, 0.05) is 6.42 Å². The molecule has 0 amide bonds. The SMILES string of the molecule is CCC1(c2ccccc2)CC(O)c2nc(C(=O)O)nn21. The minimum atomic E-state index is -1.18. The van der Waals surface area contributed by atoms with E-state index < -0.39 is 17.6 Å². The second kappa shape index (κ2) is 4.42. The van der Waals surface area contributed by atoms with Gasteiger partial charge in [-0.05, 0) is 12.0 Å². The minimum absolute atomic E-state index is 0.271. The molecule has 2 heterocycles. The van der Waals surface area contributed by atoms with Crippen molar-refractivity contribution in [3.63, 3.8) is 0 Å². The van der Waals surface area contributed by atoms with E-state index in [-0.39, 0.29) is 5.82 Å². The van der Waals surface area contributed by atoms with Crippen molar-refractivity contribution in [2.45, 2.75) is 31.4 Å². The summed E-state index contributed by atoms with van der Waals surface area (Å²) in [6.45, 7) is 2.00. The number of aliphatic hydroxyl groups is 1. The number of nitrogens with zero attached hydrogens (tertiary/aromatic N) is 3. The molecule has 2 atom stereocenters. The third kappa shape index (κ3) is 1.65. The lowest BCUT2D eigenvalue weighted by atomic mass is 9.85.